The highest BCUT2D eigenvalue weighted by molar-refractivity contribution is 8.76. The number of aromatic amines is 1. The molecule has 5 rings (SSSR count). The highest BCUT2D eigenvalue weighted by Gasteiger charge is 2.40. The van der Waals surface area contributed by atoms with Crippen LogP contribution in [0.3, 0.4) is 0 Å². The molecule has 2 aromatic carbocycles. The third kappa shape index (κ3) is 19.8. The number of H-pyrrole nitrogens is 1. The van der Waals surface area contributed by atoms with E-state index in [0.29, 0.717) is 55.9 Å². The van der Waals surface area contributed by atoms with Crippen LogP contribution in [0.2, 0.25) is 0 Å². The number of phenolic OH excluding ortho intramolecular Hbond substituents is 1. The van der Waals surface area contributed by atoms with Gasteiger partial charge in [0.2, 0.25) is 47.3 Å². The van der Waals surface area contributed by atoms with Gasteiger partial charge in [0.15, 0.2) is 0 Å². The van der Waals surface area contributed by atoms with Crippen molar-refractivity contribution < 1.29 is 53.4 Å². The first-order valence-corrected chi connectivity index (χ1v) is 28.5. The number of aromatic nitrogens is 1. The van der Waals surface area contributed by atoms with Crippen LogP contribution in [0.15, 0.2) is 54.7 Å². The number of benzene rings is 2. The standard InChI is InChI=1S/C52H76N12O11S2/c1-31(2)23-39-49(72)57-32(3)29-76-77-30-42(52(75)64-20-8-11-43(64)51(74)61-40(47(70)56-27-44(66)58-39)24-33-12-14-35(65)15-13-33)62-48(71)38(16-17-46(68)69)60-50(73)41(25-34-26-55-37-10-7-6-9-36(34)37)59-45(67)28-63(21-18-53-4)22-19-54-5/h6-7,9-10,12-15,26,31-32,38-43,53-55,65H,8,11,16-25,27-30H2,1-5H3,(H,56,70)(H,57,72)(H,58,66)(H,59,67)(H,60,73)(H,61,74)(H,62,71)(H,68,69)/t32-,38+,39+,40+,41+,42+,43?/m1/s1. The number of nitrogens with one attached hydrogen (secondary N) is 10. The number of rotatable bonds is 22. The Kier molecular flexibility index (Phi) is 24.8. The average molecular weight is 1110 g/mol. The van der Waals surface area contributed by atoms with E-state index in [9.17, 15) is 53.4 Å². The lowest BCUT2D eigenvalue weighted by Gasteiger charge is -2.31. The number of aromatic hydroxyl groups is 1. The van der Waals surface area contributed by atoms with Gasteiger partial charge in [0.25, 0.3) is 0 Å². The van der Waals surface area contributed by atoms with Gasteiger partial charge in [-0.3, -0.25) is 48.1 Å². The molecule has 2 aliphatic rings. The Balaban J connectivity index is 1.44. The molecule has 422 valence electrons. The molecule has 1 aromatic heterocycles. The first kappa shape index (κ1) is 61.4. The molecule has 1 unspecified atom stereocenters. The number of carbonyl (C=O) groups excluding carboxylic acids is 8. The molecule has 0 aliphatic carbocycles. The van der Waals surface area contributed by atoms with Gasteiger partial charge in [0.05, 0.1) is 13.1 Å². The second-order valence-corrected chi connectivity index (χ2v) is 22.3. The second kappa shape index (κ2) is 31.1. The zero-order valence-corrected chi connectivity index (χ0v) is 46.0. The largest absolute Gasteiger partial charge is 0.508 e. The summed E-state index contributed by atoms with van der Waals surface area (Å²) in [5, 5.41) is 46.0. The van der Waals surface area contributed by atoms with E-state index in [-0.39, 0.29) is 56.2 Å². The molecule has 77 heavy (non-hydrogen) atoms. The number of carboxylic acid groups (broad SMARTS) is 1. The Labute approximate surface area is 456 Å². The van der Waals surface area contributed by atoms with E-state index in [2.05, 4.69) is 52.8 Å². The van der Waals surface area contributed by atoms with Crippen LogP contribution in [0.5, 0.6) is 5.75 Å². The molecule has 23 nitrogen and oxygen atoms in total. The first-order chi connectivity index (χ1) is 36.8. The monoisotopic (exact) mass is 1110 g/mol. The van der Waals surface area contributed by atoms with E-state index >= 15 is 0 Å². The third-order valence-electron chi connectivity index (χ3n) is 13.0. The van der Waals surface area contributed by atoms with Crippen LogP contribution in [0.1, 0.15) is 64.0 Å². The highest BCUT2D eigenvalue weighted by Crippen LogP contribution is 2.26. The molecule has 25 heteroatoms. The molecule has 2 fully saturated rings. The minimum atomic E-state index is -1.51. The number of amides is 8. The Morgan fingerprint density at radius 3 is 2.22 bits per heavy atom. The number of hydrogen-bond donors (Lipinski definition) is 12. The number of nitrogens with zero attached hydrogens (tertiary/aromatic N) is 2. The number of likely N-dealkylation sites (N-methyl/N-ethyl adjacent to an activating group) is 2. The van der Waals surface area contributed by atoms with Crippen molar-refractivity contribution in [2.24, 2.45) is 5.92 Å². The molecular formula is C52H76N12O11S2. The fourth-order valence-electron chi connectivity index (χ4n) is 8.98. The van der Waals surface area contributed by atoms with Crippen molar-refractivity contribution in [1.29, 1.82) is 0 Å². The lowest BCUT2D eigenvalue weighted by molar-refractivity contribution is -0.142. The molecule has 2 saturated heterocycles. The van der Waals surface area contributed by atoms with Gasteiger partial charge in [-0.2, -0.15) is 0 Å². The van der Waals surface area contributed by atoms with Crippen molar-refractivity contribution in [3.63, 3.8) is 0 Å². The number of phenols is 1. The van der Waals surface area contributed by atoms with Crippen molar-refractivity contribution in [3.8, 4) is 5.75 Å². The summed E-state index contributed by atoms with van der Waals surface area (Å²) in [6, 6.07) is 5.59. The van der Waals surface area contributed by atoms with Crippen LogP contribution in [0, 0.1) is 5.92 Å². The van der Waals surface area contributed by atoms with E-state index in [1.807, 2.05) is 43.0 Å². The Morgan fingerprint density at radius 2 is 1.53 bits per heavy atom. The first-order valence-electron chi connectivity index (χ1n) is 26.0. The van der Waals surface area contributed by atoms with Crippen LogP contribution in [-0.2, 0) is 56.0 Å². The van der Waals surface area contributed by atoms with Crippen molar-refractivity contribution in [2.45, 2.75) is 108 Å². The SMILES string of the molecule is CNCCN(CCNC)CC(=O)N[C@@H](Cc1c[nH]c2ccccc12)C(=O)N[C@@H](CCC(=O)O)C(=O)N[C@H]1CSSC[C@@H](C)NC(=O)[C@H](CC(C)C)NC(=O)CNC(=O)[C@H](Cc2ccc(O)cc2)NC(=O)C2CCCN2C1=O. The van der Waals surface area contributed by atoms with Gasteiger partial charge in [0, 0.05) is 86.6 Å². The quantitative estimate of drug-likeness (QED) is 0.0577. The molecule has 0 radical (unpaired) electrons. The summed E-state index contributed by atoms with van der Waals surface area (Å²) in [5.74, 6) is -6.26. The summed E-state index contributed by atoms with van der Waals surface area (Å²) in [5.41, 5.74) is 2.06. The Hall–Kier alpha value is -6.41. The zero-order chi connectivity index (χ0) is 56.0. The molecule has 3 heterocycles. The zero-order valence-electron chi connectivity index (χ0n) is 44.4. The third-order valence-corrected chi connectivity index (χ3v) is 15.6. The Morgan fingerprint density at radius 1 is 0.831 bits per heavy atom. The molecule has 0 saturated carbocycles. The number of carbonyl (C=O) groups is 9. The smallest absolute Gasteiger partial charge is 0.303 e. The molecule has 3 aromatic rings. The fraction of sp³-hybridized carbons (Fsp3) is 0.558. The summed E-state index contributed by atoms with van der Waals surface area (Å²) in [6.45, 7) is 7.38. The van der Waals surface area contributed by atoms with Crippen molar-refractivity contribution >= 4 is 85.7 Å². The van der Waals surface area contributed by atoms with Crippen molar-refractivity contribution in [3.05, 3.63) is 65.9 Å². The lowest BCUT2D eigenvalue weighted by Crippen LogP contribution is -2.60. The average Bonchev–Trinajstić information content (AvgIpc) is 4.07. The summed E-state index contributed by atoms with van der Waals surface area (Å²) in [7, 11) is 6.10. The van der Waals surface area contributed by atoms with Crippen LogP contribution < -0.4 is 47.9 Å². The number of aliphatic carboxylic acids is 1. The molecule has 7 atom stereocenters. The van der Waals surface area contributed by atoms with Crippen LogP contribution in [-0.4, -0.2) is 192 Å². The molecule has 12 N–H and O–H groups in total. The molecule has 0 spiro atoms. The molecule has 8 amide bonds. The number of fused-ring (bicyclic) bond motifs is 2. The van der Waals surface area contributed by atoms with Crippen LogP contribution >= 0.6 is 21.6 Å². The van der Waals surface area contributed by atoms with Crippen molar-refractivity contribution in [2.75, 3.05) is 71.4 Å². The van der Waals surface area contributed by atoms with E-state index in [1.54, 1.807) is 39.3 Å². The van der Waals surface area contributed by atoms with Gasteiger partial charge in [-0.05, 0) is 81.9 Å². The summed E-state index contributed by atoms with van der Waals surface area (Å²) in [6.07, 6.45) is 1.61. The Bertz CT molecular complexity index is 2490. The predicted molar refractivity (Wildman–Crippen MR) is 294 cm³/mol. The van der Waals surface area contributed by atoms with Crippen LogP contribution in [0.4, 0.5) is 0 Å². The number of carboxylic acids is 1. The summed E-state index contributed by atoms with van der Waals surface area (Å²) < 4.78 is 0. The molecule has 2 aliphatic heterocycles. The van der Waals surface area contributed by atoms with Gasteiger partial charge < -0.3 is 67.9 Å². The van der Waals surface area contributed by atoms with Gasteiger partial charge in [-0.25, -0.2) is 0 Å². The van der Waals surface area contributed by atoms with Crippen LogP contribution in [0.25, 0.3) is 10.9 Å². The maximum absolute atomic E-state index is 14.8. The minimum absolute atomic E-state index is 0.00136. The van der Waals surface area contributed by atoms with Gasteiger partial charge in [-0.1, -0.05) is 65.8 Å². The maximum Gasteiger partial charge on any atom is 0.303 e. The van der Waals surface area contributed by atoms with Gasteiger partial charge in [-0.15, -0.1) is 0 Å². The maximum atomic E-state index is 14.8. The van der Waals surface area contributed by atoms with E-state index < -0.39 is 108 Å². The van der Waals surface area contributed by atoms with E-state index in [0.717, 1.165) is 10.9 Å². The highest BCUT2D eigenvalue weighted by atomic mass is 33.1. The summed E-state index contributed by atoms with van der Waals surface area (Å²) >= 11 is 0. The molecular weight excluding hydrogens is 1030 g/mol. The second-order valence-electron chi connectivity index (χ2n) is 19.8. The molecule has 0 bridgehead atoms. The normalized spacial score (nSPS) is 21.1. The minimum Gasteiger partial charge on any atom is -0.508 e. The topological polar surface area (TPSA) is 325 Å². The van der Waals surface area contributed by atoms with Crippen molar-refractivity contribution in [1.82, 2.24) is 62.6 Å². The number of para-hydroxylation sites is 1. The van der Waals surface area contributed by atoms with Gasteiger partial charge in [0.1, 0.15) is 42.0 Å². The van der Waals surface area contributed by atoms with Gasteiger partial charge >= 0.3 is 5.97 Å². The summed E-state index contributed by atoms with van der Waals surface area (Å²) in [4.78, 5) is 131. The fourth-order valence-corrected chi connectivity index (χ4v) is 11.4. The predicted octanol–water partition coefficient (Wildman–Crippen LogP) is -0.259. The number of hydrogen-bond acceptors (Lipinski definition) is 15. The van der Waals surface area contributed by atoms with E-state index in [1.165, 1.54) is 38.6 Å². The lowest BCUT2D eigenvalue weighted by atomic mass is 10.0. The van der Waals surface area contributed by atoms with E-state index in [4.69, 9.17) is 0 Å².